The van der Waals surface area contributed by atoms with E-state index < -0.39 is 227 Å². The average Bonchev–Trinajstić information content (AvgIpc) is 0.749. The van der Waals surface area contributed by atoms with Crippen molar-refractivity contribution in [3.8, 4) is 0 Å². The van der Waals surface area contributed by atoms with Crippen LogP contribution < -0.4 is 5.73 Å². The molecule has 4 aliphatic rings. The first-order valence-electron chi connectivity index (χ1n) is 47.3. The number of rotatable bonds is 36. The van der Waals surface area contributed by atoms with Gasteiger partial charge in [0.1, 0.15) is 75.4 Å². The first-order chi connectivity index (χ1) is 72.7. The zero-order valence-electron chi connectivity index (χ0n) is 79.0. The van der Waals surface area contributed by atoms with Crippen LogP contribution in [0.5, 0.6) is 0 Å². The molecule has 4 fully saturated rings. The number of carbonyl (C=O) groups excluding carboxylic acids is 13. The summed E-state index contributed by atoms with van der Waals surface area (Å²) in [7, 11) is 0. The Hall–Kier alpha value is -17.4. The SMILES string of the molecule is N[C@@H]1O[C@H](COC(=O)c2ccccc2)[C@@H](O[C@H]2O[C@H](COC(=O)c3ccccc3)[C@@H](O[C@H]3O[C@H](COC(=O)c4ccccc4)[C@@H](O[C@H]4O[C@H](COC(=O)c5ccccc5)[C@@H](OC(=O)c5ccccc5)[C@H](OC(=O)c5ccccc5)[C@H]4OC(=O)c4ccccc4)[C@H](OC(=O)c4ccccc4)[C@H]3OC(=O)c3ccccc3)[C@H](OC(=O)c3ccccc3)[C@H]2OC(=O)c2ccccc2)[C@H](OC(=O)c2ccccc2)[C@H]1OC(=O)c1ccccc1. The summed E-state index contributed by atoms with van der Waals surface area (Å²) in [4.78, 5) is 198. The molecule has 34 heteroatoms. The topological polar surface area (TPSA) is 433 Å². The standard InChI is InChI=1S/C115H95NO33/c116-99-95(143-109(126)79-58-32-10-33-59-79)91(139-105(122)75-50-24-6-25-51-75)88(83(134-99)66-130-100(117)70-40-14-1-15-41-70)147-114-97(145-111(128)81-62-36-12-37-63-81)93(141-107(124)77-54-28-8-29-55-77)90(85(136-114)68-132-102(119)72-44-18-3-19-45-72)149-115-98(146-112(129)82-64-38-13-39-65-82)94(142-108(125)78-56-30-9-31-57-78)89(86(137-115)69-133-103(120)73-46-20-4-21-47-73)148-113-96(144-110(127)80-60-34-11-35-61-80)92(140-106(123)76-52-26-7-27-53-76)87(138-104(121)74-48-22-5-23-49-74)84(135-113)67-131-101(118)71-42-16-2-17-43-71/h1-65,83-99,113-115H,66-69,116H2/t83-,84-,85-,86-,87-,88-,89-,90-,91+,92+,93+,94+,95-,96-,97-,98-,99-,113-,114-,115-/m1/s1. The summed E-state index contributed by atoms with van der Waals surface area (Å²) < 4.78 is 134. The van der Waals surface area contributed by atoms with E-state index >= 15 is 47.9 Å². The van der Waals surface area contributed by atoms with E-state index in [0.717, 1.165) is 0 Å². The van der Waals surface area contributed by atoms with E-state index in [1.165, 1.54) is 291 Å². The summed E-state index contributed by atoms with van der Waals surface area (Å²) in [6.45, 7) is -4.06. The second-order valence-electron chi connectivity index (χ2n) is 34.1. The Bertz CT molecular complexity index is 6730. The minimum atomic E-state index is -2.55. The minimum Gasteiger partial charge on any atom is -0.459 e. The van der Waals surface area contributed by atoms with E-state index in [0.29, 0.717) is 0 Å². The maximum Gasteiger partial charge on any atom is 0.338 e. The van der Waals surface area contributed by atoms with Crippen molar-refractivity contribution in [3.05, 3.63) is 467 Å². The summed E-state index contributed by atoms with van der Waals surface area (Å²) >= 11 is 0. The Labute approximate surface area is 851 Å². The Morgan fingerprint density at radius 3 is 0.483 bits per heavy atom. The van der Waals surface area contributed by atoms with Gasteiger partial charge in [-0.15, -0.1) is 0 Å². The maximum atomic E-state index is 16.0. The second-order valence-corrected chi connectivity index (χ2v) is 34.1. The van der Waals surface area contributed by atoms with E-state index in [9.17, 15) is 14.4 Å². The predicted octanol–water partition coefficient (Wildman–Crippen LogP) is 14.5. The maximum absolute atomic E-state index is 16.0. The number of nitrogens with two attached hydrogens (primary N) is 1. The molecule has 2 N–H and O–H groups in total. The molecule has 0 radical (unpaired) electrons. The van der Waals surface area contributed by atoms with Gasteiger partial charge in [-0.2, -0.15) is 0 Å². The van der Waals surface area contributed by atoms with Gasteiger partial charge in [0.05, 0.1) is 72.3 Å². The second kappa shape index (κ2) is 50.0. The van der Waals surface area contributed by atoms with Gasteiger partial charge in [0.2, 0.25) is 0 Å². The molecule has 0 amide bonds. The van der Waals surface area contributed by atoms with Crippen LogP contribution in [0.25, 0.3) is 0 Å². The molecule has 0 aliphatic carbocycles. The van der Waals surface area contributed by atoms with Gasteiger partial charge in [0, 0.05) is 0 Å². The zero-order valence-corrected chi connectivity index (χ0v) is 79.0. The van der Waals surface area contributed by atoms with Crippen LogP contribution in [0, 0.1) is 0 Å². The number of carbonyl (C=O) groups is 13. The van der Waals surface area contributed by atoms with Gasteiger partial charge in [-0.05, 0) is 158 Å². The summed E-state index contributed by atoms with van der Waals surface area (Å²) in [6.07, 6.45) is -44.5. The average molecular weight is 2020 g/mol. The molecule has 0 bridgehead atoms. The predicted molar refractivity (Wildman–Crippen MR) is 521 cm³/mol. The molecular formula is C115H95NO33. The van der Waals surface area contributed by atoms with E-state index in [1.54, 1.807) is 103 Å². The minimum absolute atomic E-state index is 0.000612. The normalized spacial score (nSPS) is 23.2. The van der Waals surface area contributed by atoms with Gasteiger partial charge < -0.3 is 100 Å². The third kappa shape index (κ3) is 26.3. The highest BCUT2D eigenvalue weighted by Crippen LogP contribution is 2.43. The Kier molecular flexibility index (Phi) is 34.6. The van der Waals surface area contributed by atoms with Crippen molar-refractivity contribution in [1.29, 1.82) is 0 Å². The molecule has 13 aromatic rings. The van der Waals surface area contributed by atoms with Gasteiger partial charge in [-0.1, -0.05) is 237 Å². The first-order valence-corrected chi connectivity index (χ1v) is 47.3. The van der Waals surface area contributed by atoms with Gasteiger partial charge >= 0.3 is 77.6 Å². The highest BCUT2D eigenvalue weighted by atomic mass is 16.8. The molecule has 0 unspecified atom stereocenters. The van der Waals surface area contributed by atoms with Crippen LogP contribution in [0.15, 0.2) is 394 Å². The fourth-order valence-corrected chi connectivity index (χ4v) is 16.7. The molecule has 0 saturated carbocycles. The molecule has 4 saturated heterocycles. The number of hydrogen-bond donors (Lipinski definition) is 1. The highest BCUT2D eigenvalue weighted by Gasteiger charge is 2.63. The Balaban J connectivity index is 0.868. The Morgan fingerprint density at radius 2 is 0.295 bits per heavy atom. The van der Waals surface area contributed by atoms with Crippen LogP contribution in [-0.2, 0) is 94.7 Å². The molecule has 34 nitrogen and oxygen atoms in total. The van der Waals surface area contributed by atoms with E-state index in [1.807, 2.05) is 0 Å². The quantitative estimate of drug-likeness (QED) is 0.0281. The van der Waals surface area contributed by atoms with Crippen molar-refractivity contribution in [3.63, 3.8) is 0 Å². The van der Waals surface area contributed by atoms with Crippen LogP contribution in [0.2, 0.25) is 0 Å². The lowest BCUT2D eigenvalue weighted by Crippen LogP contribution is -2.70. The van der Waals surface area contributed by atoms with Crippen molar-refractivity contribution in [2.45, 2.75) is 123 Å². The summed E-state index contributed by atoms with van der Waals surface area (Å²) in [5.41, 5.74) is 5.48. The fourth-order valence-electron chi connectivity index (χ4n) is 16.7. The molecule has 0 aromatic heterocycles. The van der Waals surface area contributed by atoms with Crippen molar-refractivity contribution >= 4 is 77.6 Å². The number of esters is 13. The van der Waals surface area contributed by atoms with Crippen molar-refractivity contribution < 1.29 is 157 Å². The van der Waals surface area contributed by atoms with Gasteiger partial charge in [0.15, 0.2) is 73.8 Å². The van der Waals surface area contributed by atoms with Crippen molar-refractivity contribution in [1.82, 2.24) is 0 Å². The summed E-state index contributed by atoms with van der Waals surface area (Å²) in [5, 5.41) is 0. The van der Waals surface area contributed by atoms with Gasteiger partial charge in [-0.3, -0.25) is 0 Å². The van der Waals surface area contributed by atoms with Gasteiger partial charge in [0.25, 0.3) is 0 Å². The number of ether oxygens (including phenoxy) is 20. The smallest absolute Gasteiger partial charge is 0.338 e. The lowest BCUT2D eigenvalue weighted by molar-refractivity contribution is -0.382. The highest BCUT2D eigenvalue weighted by molar-refractivity contribution is 5.96. The lowest BCUT2D eigenvalue weighted by atomic mass is 9.94. The van der Waals surface area contributed by atoms with Crippen molar-refractivity contribution in [2.24, 2.45) is 5.73 Å². The van der Waals surface area contributed by atoms with Gasteiger partial charge in [-0.25, -0.2) is 62.3 Å². The molecule has 13 aromatic carbocycles. The molecule has 4 aliphatic heterocycles. The lowest BCUT2D eigenvalue weighted by Gasteiger charge is -2.51. The van der Waals surface area contributed by atoms with Crippen LogP contribution in [0.4, 0.5) is 0 Å². The molecular weight excluding hydrogens is 1920 g/mol. The number of hydrogen-bond acceptors (Lipinski definition) is 34. The summed E-state index contributed by atoms with van der Waals surface area (Å²) in [6, 6.07) is 96.1. The monoisotopic (exact) mass is 2020 g/mol. The number of benzene rings is 13. The van der Waals surface area contributed by atoms with E-state index in [2.05, 4.69) is 0 Å². The van der Waals surface area contributed by atoms with E-state index in [-0.39, 0.29) is 72.3 Å². The van der Waals surface area contributed by atoms with Crippen LogP contribution in [0.3, 0.4) is 0 Å². The Morgan fingerprint density at radius 1 is 0.161 bits per heavy atom. The summed E-state index contributed by atoms with van der Waals surface area (Å²) in [5.74, 6) is -14.8. The fraction of sp³-hybridized carbons (Fsp3) is 0.209. The molecule has 4 heterocycles. The molecule has 17 rings (SSSR count). The zero-order chi connectivity index (χ0) is 103. The van der Waals surface area contributed by atoms with Crippen LogP contribution in [-0.4, -0.2) is 227 Å². The van der Waals surface area contributed by atoms with Crippen molar-refractivity contribution in [2.75, 3.05) is 26.4 Å². The largest absolute Gasteiger partial charge is 0.459 e. The molecule has 758 valence electrons. The third-order valence-electron chi connectivity index (χ3n) is 24.1. The first kappa shape index (κ1) is 103. The molecule has 149 heavy (non-hydrogen) atoms. The molecule has 20 atom stereocenters. The molecule has 0 spiro atoms. The third-order valence-corrected chi connectivity index (χ3v) is 24.1. The van der Waals surface area contributed by atoms with Crippen LogP contribution in [0.1, 0.15) is 135 Å². The van der Waals surface area contributed by atoms with E-state index in [4.69, 9.17) is 100 Å². The van der Waals surface area contributed by atoms with Crippen LogP contribution >= 0.6 is 0 Å².